The Bertz CT molecular complexity index is 448. The topological polar surface area (TPSA) is 106 Å². The molecule has 0 saturated heterocycles. The number of hydrogen-bond acceptors (Lipinski definition) is 6. The third-order valence-electron chi connectivity index (χ3n) is 2.26. The van der Waals surface area contributed by atoms with Gasteiger partial charge in [-0.2, -0.15) is 0 Å². The minimum atomic E-state index is -0.376. The SMILES string of the molecule is CNc1ncc(C(=O)NCCC(=O)OC)cc1N. The number of pyridine rings is 1. The summed E-state index contributed by atoms with van der Waals surface area (Å²) in [6, 6.07) is 1.52. The van der Waals surface area contributed by atoms with E-state index in [0.29, 0.717) is 17.1 Å². The first kappa shape index (κ1) is 13.8. The van der Waals surface area contributed by atoms with Crippen molar-refractivity contribution in [2.45, 2.75) is 6.42 Å². The molecule has 0 aliphatic heterocycles. The van der Waals surface area contributed by atoms with Crippen molar-refractivity contribution < 1.29 is 14.3 Å². The first-order valence-corrected chi connectivity index (χ1v) is 5.36. The lowest BCUT2D eigenvalue weighted by Crippen LogP contribution is -2.26. The van der Waals surface area contributed by atoms with Gasteiger partial charge in [0.1, 0.15) is 5.82 Å². The molecule has 1 amide bonds. The summed E-state index contributed by atoms with van der Waals surface area (Å²) < 4.78 is 4.46. The minimum Gasteiger partial charge on any atom is -0.469 e. The highest BCUT2D eigenvalue weighted by atomic mass is 16.5. The maximum absolute atomic E-state index is 11.7. The van der Waals surface area contributed by atoms with Crippen LogP contribution in [0.1, 0.15) is 16.8 Å². The lowest BCUT2D eigenvalue weighted by atomic mass is 10.2. The molecule has 0 atom stereocenters. The summed E-state index contributed by atoms with van der Waals surface area (Å²) >= 11 is 0. The minimum absolute atomic E-state index is 0.125. The van der Waals surface area contributed by atoms with Gasteiger partial charge in [0, 0.05) is 19.8 Å². The van der Waals surface area contributed by atoms with Gasteiger partial charge in [0.05, 0.1) is 24.8 Å². The Morgan fingerprint density at radius 1 is 1.50 bits per heavy atom. The number of nitrogens with zero attached hydrogens (tertiary/aromatic N) is 1. The van der Waals surface area contributed by atoms with Crippen LogP contribution in [-0.4, -0.2) is 37.6 Å². The monoisotopic (exact) mass is 252 g/mol. The van der Waals surface area contributed by atoms with Crippen LogP contribution in [0.15, 0.2) is 12.3 Å². The zero-order chi connectivity index (χ0) is 13.5. The lowest BCUT2D eigenvalue weighted by molar-refractivity contribution is -0.140. The van der Waals surface area contributed by atoms with Crippen LogP contribution >= 0.6 is 0 Å². The highest BCUT2D eigenvalue weighted by Crippen LogP contribution is 2.15. The molecule has 0 saturated carbocycles. The Morgan fingerprint density at radius 3 is 2.78 bits per heavy atom. The van der Waals surface area contributed by atoms with Gasteiger partial charge in [-0.1, -0.05) is 0 Å². The number of carbonyl (C=O) groups excluding carboxylic acids is 2. The van der Waals surface area contributed by atoms with Crippen LogP contribution < -0.4 is 16.4 Å². The van der Waals surface area contributed by atoms with Gasteiger partial charge >= 0.3 is 5.97 Å². The average Bonchev–Trinajstić information content (AvgIpc) is 2.38. The van der Waals surface area contributed by atoms with E-state index < -0.39 is 0 Å². The number of rotatable bonds is 5. The van der Waals surface area contributed by atoms with Crippen molar-refractivity contribution in [1.29, 1.82) is 0 Å². The lowest BCUT2D eigenvalue weighted by Gasteiger charge is -2.07. The molecule has 0 aliphatic carbocycles. The Labute approximate surface area is 105 Å². The Morgan fingerprint density at radius 2 is 2.22 bits per heavy atom. The molecule has 4 N–H and O–H groups in total. The third kappa shape index (κ3) is 3.62. The van der Waals surface area contributed by atoms with E-state index in [2.05, 4.69) is 20.4 Å². The molecule has 7 nitrogen and oxygen atoms in total. The first-order chi connectivity index (χ1) is 8.58. The number of ether oxygens (including phenoxy) is 1. The summed E-state index contributed by atoms with van der Waals surface area (Å²) in [5.74, 6) is -0.194. The number of nitrogens with one attached hydrogen (secondary N) is 2. The summed E-state index contributed by atoms with van der Waals surface area (Å²) in [4.78, 5) is 26.5. The standard InChI is InChI=1S/C11H16N4O3/c1-13-10-8(12)5-7(6-15-10)11(17)14-4-3-9(16)18-2/h5-6H,3-4,12H2,1-2H3,(H,13,15)(H,14,17). The molecule has 0 fully saturated rings. The predicted molar refractivity (Wildman–Crippen MR) is 67.2 cm³/mol. The Balaban J connectivity index is 2.56. The summed E-state index contributed by atoms with van der Waals surface area (Å²) in [6.07, 6.45) is 1.54. The second-order valence-corrected chi connectivity index (χ2v) is 3.49. The van der Waals surface area contributed by atoms with Crippen molar-refractivity contribution in [1.82, 2.24) is 10.3 Å². The van der Waals surface area contributed by atoms with E-state index >= 15 is 0 Å². The van der Waals surface area contributed by atoms with Gasteiger partial charge in [-0.15, -0.1) is 0 Å². The van der Waals surface area contributed by atoms with Crippen molar-refractivity contribution in [3.63, 3.8) is 0 Å². The smallest absolute Gasteiger partial charge is 0.307 e. The fourth-order valence-corrected chi connectivity index (χ4v) is 1.30. The van der Waals surface area contributed by atoms with Crippen molar-refractivity contribution in [3.05, 3.63) is 17.8 Å². The van der Waals surface area contributed by atoms with Gasteiger partial charge in [0.25, 0.3) is 5.91 Å². The van der Waals surface area contributed by atoms with E-state index in [0.717, 1.165) is 0 Å². The van der Waals surface area contributed by atoms with Gasteiger partial charge in [-0.25, -0.2) is 4.98 Å². The van der Waals surface area contributed by atoms with Crippen LogP contribution in [0.2, 0.25) is 0 Å². The van der Waals surface area contributed by atoms with Gasteiger partial charge in [-0.05, 0) is 6.07 Å². The number of nitrogen functional groups attached to an aromatic ring is 1. The number of carbonyl (C=O) groups is 2. The number of anilines is 2. The van der Waals surface area contributed by atoms with Crippen LogP contribution in [0.4, 0.5) is 11.5 Å². The van der Waals surface area contributed by atoms with Crippen molar-refractivity contribution in [3.8, 4) is 0 Å². The number of aromatic nitrogens is 1. The number of amides is 1. The van der Waals surface area contributed by atoms with E-state index in [1.54, 1.807) is 7.05 Å². The molecule has 0 bridgehead atoms. The zero-order valence-electron chi connectivity index (χ0n) is 10.3. The highest BCUT2D eigenvalue weighted by Gasteiger charge is 2.09. The molecule has 1 heterocycles. The molecular formula is C11H16N4O3. The summed E-state index contributed by atoms with van der Waals surface area (Å²) in [6.45, 7) is 0.208. The third-order valence-corrected chi connectivity index (χ3v) is 2.26. The molecule has 0 spiro atoms. The molecule has 7 heteroatoms. The quantitative estimate of drug-likeness (QED) is 0.637. The molecule has 18 heavy (non-hydrogen) atoms. The average molecular weight is 252 g/mol. The van der Waals surface area contributed by atoms with Gasteiger partial charge in [-0.3, -0.25) is 9.59 Å². The van der Waals surface area contributed by atoms with Gasteiger partial charge < -0.3 is 21.1 Å². The first-order valence-electron chi connectivity index (χ1n) is 5.36. The summed E-state index contributed by atoms with van der Waals surface area (Å²) in [5, 5.41) is 5.37. The van der Waals surface area contributed by atoms with Crippen molar-refractivity contribution >= 4 is 23.4 Å². The van der Waals surface area contributed by atoms with Gasteiger partial charge in [0.15, 0.2) is 0 Å². The van der Waals surface area contributed by atoms with Crippen LogP contribution in [0.25, 0.3) is 0 Å². The molecule has 0 unspecified atom stereocenters. The summed E-state index contributed by atoms with van der Waals surface area (Å²) in [5.41, 5.74) is 6.42. The molecule has 1 rings (SSSR count). The normalized spacial score (nSPS) is 9.67. The van der Waals surface area contributed by atoms with E-state index in [1.165, 1.54) is 19.4 Å². The second-order valence-electron chi connectivity index (χ2n) is 3.49. The fraction of sp³-hybridized carbons (Fsp3) is 0.364. The molecule has 98 valence electrons. The Kier molecular flexibility index (Phi) is 4.91. The van der Waals surface area contributed by atoms with Crippen molar-refractivity contribution in [2.75, 3.05) is 31.8 Å². The number of hydrogen-bond donors (Lipinski definition) is 3. The van der Waals surface area contributed by atoms with E-state index in [4.69, 9.17) is 5.73 Å². The van der Waals surface area contributed by atoms with Gasteiger partial charge in [0.2, 0.25) is 0 Å². The van der Waals surface area contributed by atoms with Crippen LogP contribution in [0, 0.1) is 0 Å². The van der Waals surface area contributed by atoms with E-state index in [1.807, 2.05) is 0 Å². The summed E-state index contributed by atoms with van der Waals surface area (Å²) in [7, 11) is 2.99. The zero-order valence-corrected chi connectivity index (χ0v) is 10.3. The maximum Gasteiger partial charge on any atom is 0.307 e. The van der Waals surface area contributed by atoms with E-state index in [-0.39, 0.29) is 24.8 Å². The molecular weight excluding hydrogens is 236 g/mol. The van der Waals surface area contributed by atoms with Crippen LogP contribution in [0.3, 0.4) is 0 Å². The molecule has 0 aromatic carbocycles. The van der Waals surface area contributed by atoms with E-state index in [9.17, 15) is 9.59 Å². The Hall–Kier alpha value is -2.31. The largest absolute Gasteiger partial charge is 0.469 e. The maximum atomic E-state index is 11.7. The fourth-order valence-electron chi connectivity index (χ4n) is 1.30. The number of esters is 1. The highest BCUT2D eigenvalue weighted by molar-refractivity contribution is 5.95. The number of methoxy groups -OCH3 is 1. The predicted octanol–water partition coefficient (Wildman–Crippen LogP) is -0.00160. The van der Waals surface area contributed by atoms with Crippen LogP contribution in [0.5, 0.6) is 0 Å². The van der Waals surface area contributed by atoms with Crippen LogP contribution in [-0.2, 0) is 9.53 Å². The molecule has 1 aromatic rings. The van der Waals surface area contributed by atoms with Crippen molar-refractivity contribution in [2.24, 2.45) is 0 Å². The second kappa shape index (κ2) is 6.43. The number of nitrogens with two attached hydrogens (primary N) is 1. The molecule has 1 aromatic heterocycles. The molecule has 0 radical (unpaired) electrons. The molecule has 0 aliphatic rings.